The van der Waals surface area contributed by atoms with Gasteiger partial charge in [-0.15, -0.1) is 0 Å². The van der Waals surface area contributed by atoms with E-state index in [9.17, 15) is 5.11 Å². The van der Waals surface area contributed by atoms with E-state index in [0.717, 1.165) is 18.4 Å². The summed E-state index contributed by atoms with van der Waals surface area (Å²) < 4.78 is 0. The third kappa shape index (κ3) is 1.22. The van der Waals surface area contributed by atoms with E-state index in [1.54, 1.807) is 6.07 Å². The van der Waals surface area contributed by atoms with E-state index in [1.165, 1.54) is 0 Å². The van der Waals surface area contributed by atoms with Crippen molar-refractivity contribution in [2.75, 3.05) is 0 Å². The van der Waals surface area contributed by atoms with Crippen LogP contribution in [0.1, 0.15) is 25.3 Å². The van der Waals surface area contributed by atoms with E-state index >= 15 is 0 Å². The first-order chi connectivity index (χ1) is 6.18. The number of hydrogen-bond acceptors (Lipinski definition) is 2. The molecule has 70 valence electrons. The standard InChI is InChI=1S/C11H15NO/c1-2-8-7-11(8,12)9-5-3-4-6-10(9)13/h3-6,8,13H,2,7,12H2,1H3. The lowest BCUT2D eigenvalue weighted by Crippen LogP contribution is -2.22. The van der Waals surface area contributed by atoms with E-state index in [2.05, 4.69) is 6.92 Å². The average Bonchev–Trinajstić information content (AvgIpc) is 2.79. The Bertz CT molecular complexity index is 324. The van der Waals surface area contributed by atoms with Crippen molar-refractivity contribution in [2.45, 2.75) is 25.3 Å². The first kappa shape index (κ1) is 8.57. The van der Waals surface area contributed by atoms with E-state index < -0.39 is 0 Å². The van der Waals surface area contributed by atoms with Gasteiger partial charge in [-0.2, -0.15) is 0 Å². The van der Waals surface area contributed by atoms with E-state index in [4.69, 9.17) is 5.73 Å². The van der Waals surface area contributed by atoms with Crippen LogP contribution in [0.2, 0.25) is 0 Å². The van der Waals surface area contributed by atoms with E-state index in [0.29, 0.717) is 11.7 Å². The van der Waals surface area contributed by atoms with Gasteiger partial charge in [0.2, 0.25) is 0 Å². The molecule has 0 amide bonds. The second kappa shape index (κ2) is 2.74. The van der Waals surface area contributed by atoms with Gasteiger partial charge in [0.25, 0.3) is 0 Å². The van der Waals surface area contributed by atoms with Crippen molar-refractivity contribution in [1.29, 1.82) is 0 Å². The molecule has 13 heavy (non-hydrogen) atoms. The summed E-state index contributed by atoms with van der Waals surface area (Å²) in [4.78, 5) is 0. The summed E-state index contributed by atoms with van der Waals surface area (Å²) in [7, 11) is 0. The Balaban J connectivity index is 2.32. The molecule has 0 aliphatic heterocycles. The van der Waals surface area contributed by atoms with Gasteiger partial charge < -0.3 is 10.8 Å². The molecular weight excluding hydrogens is 162 g/mol. The van der Waals surface area contributed by atoms with Crippen LogP contribution in [0.3, 0.4) is 0 Å². The highest BCUT2D eigenvalue weighted by atomic mass is 16.3. The zero-order valence-corrected chi connectivity index (χ0v) is 7.83. The highest BCUT2D eigenvalue weighted by molar-refractivity contribution is 5.42. The van der Waals surface area contributed by atoms with Crippen LogP contribution in [0.4, 0.5) is 0 Å². The number of rotatable bonds is 2. The highest BCUT2D eigenvalue weighted by Crippen LogP contribution is 2.53. The number of phenolic OH excluding ortho intramolecular Hbond substituents is 1. The lowest BCUT2D eigenvalue weighted by atomic mass is 10.0. The largest absolute Gasteiger partial charge is 0.508 e. The third-order valence-corrected chi connectivity index (χ3v) is 3.05. The van der Waals surface area contributed by atoms with Crippen LogP contribution in [0.5, 0.6) is 5.75 Å². The van der Waals surface area contributed by atoms with Gasteiger partial charge in [-0.1, -0.05) is 31.5 Å². The summed E-state index contributed by atoms with van der Waals surface area (Å²) >= 11 is 0. The summed E-state index contributed by atoms with van der Waals surface area (Å²) in [5, 5.41) is 9.62. The molecule has 0 radical (unpaired) electrons. The SMILES string of the molecule is CCC1CC1(N)c1ccccc1O. The zero-order chi connectivity index (χ0) is 9.47. The van der Waals surface area contributed by atoms with Gasteiger partial charge in [0.15, 0.2) is 0 Å². The Morgan fingerprint density at radius 2 is 2.23 bits per heavy atom. The second-order valence-corrected chi connectivity index (χ2v) is 3.87. The molecule has 0 aromatic heterocycles. The fraction of sp³-hybridized carbons (Fsp3) is 0.455. The Morgan fingerprint density at radius 3 is 2.77 bits per heavy atom. The predicted octanol–water partition coefficient (Wildman–Crippen LogP) is 1.98. The summed E-state index contributed by atoms with van der Waals surface area (Å²) in [6.45, 7) is 2.14. The number of benzene rings is 1. The molecule has 2 unspecified atom stereocenters. The Kier molecular flexibility index (Phi) is 1.81. The predicted molar refractivity (Wildman–Crippen MR) is 52.4 cm³/mol. The molecule has 0 spiro atoms. The summed E-state index contributed by atoms with van der Waals surface area (Å²) in [6.07, 6.45) is 2.09. The molecule has 0 bridgehead atoms. The minimum Gasteiger partial charge on any atom is -0.508 e. The third-order valence-electron chi connectivity index (χ3n) is 3.05. The Labute approximate surface area is 78.4 Å². The van der Waals surface area contributed by atoms with Gasteiger partial charge in [0, 0.05) is 11.1 Å². The minimum absolute atomic E-state index is 0.250. The molecule has 1 saturated carbocycles. The van der Waals surface area contributed by atoms with E-state index in [-0.39, 0.29) is 5.54 Å². The quantitative estimate of drug-likeness (QED) is 0.725. The number of nitrogens with two attached hydrogens (primary N) is 1. The molecule has 1 aliphatic rings. The van der Waals surface area contributed by atoms with Crippen LogP contribution < -0.4 is 5.73 Å². The first-order valence-corrected chi connectivity index (χ1v) is 4.76. The highest BCUT2D eigenvalue weighted by Gasteiger charge is 2.51. The van der Waals surface area contributed by atoms with Crippen LogP contribution in [0.25, 0.3) is 0 Å². The summed E-state index contributed by atoms with van der Waals surface area (Å²) in [5.74, 6) is 0.877. The van der Waals surface area contributed by atoms with Crippen molar-refractivity contribution >= 4 is 0 Å². The van der Waals surface area contributed by atoms with Crippen molar-refractivity contribution in [3.05, 3.63) is 29.8 Å². The number of phenols is 1. The first-order valence-electron chi connectivity index (χ1n) is 4.76. The molecule has 2 nitrogen and oxygen atoms in total. The molecule has 1 aromatic rings. The maximum Gasteiger partial charge on any atom is 0.120 e. The van der Waals surface area contributed by atoms with Crippen molar-refractivity contribution in [2.24, 2.45) is 11.7 Å². The summed E-state index contributed by atoms with van der Waals surface area (Å²) in [6, 6.07) is 7.38. The maximum atomic E-state index is 9.62. The van der Waals surface area contributed by atoms with Crippen molar-refractivity contribution in [3.63, 3.8) is 0 Å². The number of hydrogen-bond donors (Lipinski definition) is 2. The van der Waals surface area contributed by atoms with Gasteiger partial charge in [-0.25, -0.2) is 0 Å². The zero-order valence-electron chi connectivity index (χ0n) is 7.83. The average molecular weight is 177 g/mol. The Hall–Kier alpha value is -1.02. The Morgan fingerprint density at radius 1 is 1.54 bits per heavy atom. The van der Waals surface area contributed by atoms with Crippen LogP contribution in [-0.4, -0.2) is 5.11 Å². The van der Waals surface area contributed by atoms with Crippen molar-refractivity contribution in [3.8, 4) is 5.75 Å². The molecule has 2 heteroatoms. The van der Waals surface area contributed by atoms with Crippen molar-refractivity contribution < 1.29 is 5.11 Å². The maximum absolute atomic E-state index is 9.62. The lowest BCUT2D eigenvalue weighted by molar-refractivity contribution is 0.454. The van der Waals surface area contributed by atoms with Gasteiger partial charge in [-0.05, 0) is 18.4 Å². The molecule has 1 fully saturated rings. The van der Waals surface area contributed by atoms with E-state index in [1.807, 2.05) is 18.2 Å². The van der Waals surface area contributed by atoms with Crippen LogP contribution in [0, 0.1) is 5.92 Å². The molecule has 1 aromatic carbocycles. The normalized spacial score (nSPS) is 31.7. The summed E-state index contributed by atoms with van der Waals surface area (Å²) in [5.41, 5.74) is 6.82. The molecular formula is C11H15NO. The minimum atomic E-state index is -0.250. The van der Waals surface area contributed by atoms with Crippen molar-refractivity contribution in [1.82, 2.24) is 0 Å². The smallest absolute Gasteiger partial charge is 0.120 e. The van der Waals surface area contributed by atoms with Crippen LogP contribution >= 0.6 is 0 Å². The molecule has 3 N–H and O–H groups in total. The topological polar surface area (TPSA) is 46.2 Å². The molecule has 0 heterocycles. The fourth-order valence-corrected chi connectivity index (χ4v) is 2.05. The van der Waals surface area contributed by atoms with Gasteiger partial charge in [-0.3, -0.25) is 0 Å². The molecule has 1 aliphatic carbocycles. The number of aromatic hydroxyl groups is 1. The van der Waals surface area contributed by atoms with Crippen LogP contribution in [0.15, 0.2) is 24.3 Å². The molecule has 2 atom stereocenters. The molecule has 2 rings (SSSR count). The second-order valence-electron chi connectivity index (χ2n) is 3.87. The van der Waals surface area contributed by atoms with Gasteiger partial charge >= 0.3 is 0 Å². The number of para-hydroxylation sites is 1. The fourth-order valence-electron chi connectivity index (χ4n) is 2.05. The van der Waals surface area contributed by atoms with Gasteiger partial charge in [0.05, 0.1) is 0 Å². The molecule has 0 saturated heterocycles. The van der Waals surface area contributed by atoms with Crippen LogP contribution in [-0.2, 0) is 5.54 Å². The lowest BCUT2D eigenvalue weighted by Gasteiger charge is -2.12. The monoisotopic (exact) mass is 177 g/mol. The van der Waals surface area contributed by atoms with Gasteiger partial charge in [0.1, 0.15) is 5.75 Å².